The van der Waals surface area contributed by atoms with Crippen LogP contribution in [0.15, 0.2) is 42.7 Å². The molecule has 0 saturated carbocycles. The first-order valence-corrected chi connectivity index (χ1v) is 7.53. The first-order chi connectivity index (χ1) is 12.1. The van der Waals surface area contributed by atoms with Gasteiger partial charge in [-0.1, -0.05) is 18.2 Å². The quantitative estimate of drug-likeness (QED) is 0.713. The number of nitrogens with zero attached hydrogens (tertiary/aromatic N) is 3. The number of amides is 1. The van der Waals surface area contributed by atoms with Crippen LogP contribution in [0.5, 0.6) is 0 Å². The van der Waals surface area contributed by atoms with Gasteiger partial charge < -0.3 is 10.1 Å². The van der Waals surface area contributed by atoms with Crippen LogP contribution in [0.4, 0.5) is 4.39 Å². The molecule has 0 fully saturated rings. The van der Waals surface area contributed by atoms with Gasteiger partial charge in [-0.3, -0.25) is 4.79 Å². The molecule has 128 valence electrons. The van der Waals surface area contributed by atoms with Crippen molar-refractivity contribution in [1.82, 2.24) is 19.9 Å². The predicted molar refractivity (Wildman–Crippen MR) is 86.3 cm³/mol. The first-order valence-electron chi connectivity index (χ1n) is 7.53. The summed E-state index contributed by atoms with van der Waals surface area (Å²) in [5.41, 5.74) is 1.37. The van der Waals surface area contributed by atoms with Gasteiger partial charge in [-0.05, 0) is 19.1 Å². The lowest BCUT2D eigenvalue weighted by atomic mass is 10.2. The Morgan fingerprint density at radius 3 is 2.88 bits per heavy atom. The normalized spacial score (nSPS) is 10.6. The second-order valence-electron chi connectivity index (χ2n) is 5.29. The van der Waals surface area contributed by atoms with Gasteiger partial charge in [0.05, 0.1) is 5.69 Å². The number of rotatable bonds is 5. The second-order valence-corrected chi connectivity index (χ2v) is 5.29. The predicted octanol–water partition coefficient (Wildman–Crippen LogP) is 1.65. The Balaban J connectivity index is 1.59. The number of esters is 1. The number of hydrogen-bond donors (Lipinski definition) is 1. The van der Waals surface area contributed by atoms with Gasteiger partial charge in [0, 0.05) is 24.5 Å². The van der Waals surface area contributed by atoms with Crippen LogP contribution in [0.2, 0.25) is 0 Å². The van der Waals surface area contributed by atoms with E-state index in [1.54, 1.807) is 37.4 Å². The molecule has 0 unspecified atom stereocenters. The number of fused-ring (bicyclic) bond motifs is 1. The van der Waals surface area contributed by atoms with E-state index in [0.717, 1.165) is 0 Å². The molecule has 3 rings (SSSR count). The van der Waals surface area contributed by atoms with Crippen LogP contribution in [0.25, 0.3) is 5.65 Å². The molecule has 0 spiro atoms. The van der Waals surface area contributed by atoms with Crippen LogP contribution in [0.3, 0.4) is 0 Å². The number of nitrogens with one attached hydrogen (secondary N) is 1. The van der Waals surface area contributed by atoms with E-state index < -0.39 is 24.3 Å². The lowest BCUT2D eigenvalue weighted by Gasteiger charge is -2.07. The smallest absolute Gasteiger partial charge is 0.344 e. The van der Waals surface area contributed by atoms with E-state index in [2.05, 4.69) is 15.4 Å². The van der Waals surface area contributed by atoms with Crippen molar-refractivity contribution in [2.75, 3.05) is 6.61 Å². The molecule has 1 N–H and O–H groups in total. The Hall–Kier alpha value is -3.29. The molecule has 8 heteroatoms. The lowest BCUT2D eigenvalue weighted by Crippen LogP contribution is -2.28. The highest BCUT2D eigenvalue weighted by Gasteiger charge is 2.20. The second kappa shape index (κ2) is 7.08. The molecule has 3 aromatic rings. The average Bonchev–Trinajstić information content (AvgIpc) is 2.94. The van der Waals surface area contributed by atoms with E-state index in [-0.39, 0.29) is 12.1 Å². The maximum absolute atomic E-state index is 13.5. The molecule has 7 nitrogen and oxygen atoms in total. The fourth-order valence-electron chi connectivity index (χ4n) is 2.33. The Kier molecular flexibility index (Phi) is 4.69. The summed E-state index contributed by atoms with van der Waals surface area (Å²) in [4.78, 5) is 28.1. The molecule has 1 aromatic carbocycles. The van der Waals surface area contributed by atoms with Gasteiger partial charge >= 0.3 is 5.97 Å². The highest BCUT2D eigenvalue weighted by atomic mass is 19.1. The fourth-order valence-corrected chi connectivity index (χ4v) is 2.33. The molecule has 0 aliphatic heterocycles. The average molecular weight is 342 g/mol. The van der Waals surface area contributed by atoms with Crippen LogP contribution in [-0.2, 0) is 16.1 Å². The molecule has 1 amide bonds. The third-order valence-corrected chi connectivity index (χ3v) is 3.54. The van der Waals surface area contributed by atoms with Crippen molar-refractivity contribution >= 4 is 17.5 Å². The van der Waals surface area contributed by atoms with Crippen molar-refractivity contribution in [3.05, 3.63) is 65.4 Å². The molecule has 2 heterocycles. The SMILES string of the molecule is Cc1nn2cccnc2c1C(=O)OCC(=O)NCc1ccccc1F. The molecule has 25 heavy (non-hydrogen) atoms. The minimum atomic E-state index is -0.688. The summed E-state index contributed by atoms with van der Waals surface area (Å²) in [6.07, 6.45) is 3.20. The van der Waals surface area contributed by atoms with Crippen molar-refractivity contribution in [2.24, 2.45) is 0 Å². The van der Waals surface area contributed by atoms with Crippen LogP contribution >= 0.6 is 0 Å². The van der Waals surface area contributed by atoms with Gasteiger partial charge in [0.2, 0.25) is 0 Å². The zero-order valence-corrected chi connectivity index (χ0v) is 13.4. The van der Waals surface area contributed by atoms with Crippen molar-refractivity contribution in [3.63, 3.8) is 0 Å². The molecule has 0 saturated heterocycles. The van der Waals surface area contributed by atoms with Gasteiger partial charge in [-0.25, -0.2) is 18.7 Å². The van der Waals surface area contributed by atoms with Crippen molar-refractivity contribution in [1.29, 1.82) is 0 Å². The highest BCUT2D eigenvalue weighted by Crippen LogP contribution is 2.14. The Morgan fingerprint density at radius 1 is 1.28 bits per heavy atom. The van der Waals surface area contributed by atoms with Gasteiger partial charge in [0.25, 0.3) is 5.91 Å². The maximum atomic E-state index is 13.5. The fraction of sp³-hybridized carbons (Fsp3) is 0.176. The van der Waals surface area contributed by atoms with E-state index in [1.807, 2.05) is 0 Å². The van der Waals surface area contributed by atoms with E-state index in [4.69, 9.17) is 4.74 Å². The van der Waals surface area contributed by atoms with Gasteiger partial charge in [0.15, 0.2) is 12.3 Å². The Bertz CT molecular complexity index is 939. The summed E-state index contributed by atoms with van der Waals surface area (Å²) < 4.78 is 20.0. The molecule has 0 aliphatic carbocycles. The van der Waals surface area contributed by atoms with Gasteiger partial charge in [-0.2, -0.15) is 5.10 Å². The molecule has 0 atom stereocenters. The number of carbonyl (C=O) groups excluding carboxylic acids is 2. The number of benzene rings is 1. The molecule has 0 radical (unpaired) electrons. The third kappa shape index (κ3) is 3.63. The zero-order valence-electron chi connectivity index (χ0n) is 13.4. The van der Waals surface area contributed by atoms with Gasteiger partial charge in [-0.15, -0.1) is 0 Å². The van der Waals surface area contributed by atoms with Crippen molar-refractivity contribution in [2.45, 2.75) is 13.5 Å². The maximum Gasteiger partial charge on any atom is 0.344 e. The highest BCUT2D eigenvalue weighted by molar-refractivity contribution is 5.98. The number of hydrogen-bond acceptors (Lipinski definition) is 5. The number of aromatic nitrogens is 3. The monoisotopic (exact) mass is 342 g/mol. The van der Waals surface area contributed by atoms with E-state index in [0.29, 0.717) is 16.9 Å². The summed E-state index contributed by atoms with van der Waals surface area (Å²) in [7, 11) is 0. The van der Waals surface area contributed by atoms with Crippen molar-refractivity contribution < 1.29 is 18.7 Å². The number of ether oxygens (including phenoxy) is 1. The van der Waals surface area contributed by atoms with E-state index in [1.165, 1.54) is 16.8 Å². The molecule has 2 aromatic heterocycles. The molecular formula is C17H15FN4O3. The largest absolute Gasteiger partial charge is 0.452 e. The first kappa shape index (κ1) is 16.6. The molecular weight excluding hydrogens is 327 g/mol. The standard InChI is InChI=1S/C17H15FN4O3/c1-11-15(16-19-7-4-8-22(16)21-11)17(24)25-10-14(23)20-9-12-5-2-3-6-13(12)18/h2-8H,9-10H2,1H3,(H,20,23). The summed E-state index contributed by atoms with van der Waals surface area (Å²) >= 11 is 0. The third-order valence-electron chi connectivity index (χ3n) is 3.54. The lowest BCUT2D eigenvalue weighted by molar-refractivity contribution is -0.124. The van der Waals surface area contributed by atoms with E-state index in [9.17, 15) is 14.0 Å². The topological polar surface area (TPSA) is 85.6 Å². The summed E-state index contributed by atoms with van der Waals surface area (Å²) in [5, 5.41) is 6.66. The Labute approximate surface area is 142 Å². The van der Waals surface area contributed by atoms with E-state index >= 15 is 0 Å². The minimum absolute atomic E-state index is 0.0142. The minimum Gasteiger partial charge on any atom is -0.452 e. The number of aryl methyl sites for hydroxylation is 1. The van der Waals surface area contributed by atoms with Crippen LogP contribution in [0.1, 0.15) is 21.6 Å². The number of halogens is 1. The molecule has 0 aliphatic rings. The summed E-state index contributed by atoms with van der Waals surface area (Å²) in [5.74, 6) is -1.63. The van der Waals surface area contributed by atoms with Crippen LogP contribution < -0.4 is 5.32 Å². The summed E-state index contributed by atoms with van der Waals surface area (Å²) in [6, 6.07) is 7.80. The van der Waals surface area contributed by atoms with Gasteiger partial charge in [0.1, 0.15) is 11.4 Å². The number of carbonyl (C=O) groups is 2. The Morgan fingerprint density at radius 2 is 2.08 bits per heavy atom. The summed E-state index contributed by atoms with van der Waals surface area (Å²) in [6.45, 7) is 1.20. The molecule has 0 bridgehead atoms. The van der Waals surface area contributed by atoms with Crippen LogP contribution in [0, 0.1) is 12.7 Å². The zero-order chi connectivity index (χ0) is 17.8. The van der Waals surface area contributed by atoms with Crippen molar-refractivity contribution in [3.8, 4) is 0 Å². The van der Waals surface area contributed by atoms with Crippen LogP contribution in [-0.4, -0.2) is 33.1 Å².